The average molecular weight is 385 g/mol. The first kappa shape index (κ1) is 20.0. The molecule has 1 saturated heterocycles. The number of halogens is 3. The molecule has 136 valence electrons. The van der Waals surface area contributed by atoms with Crippen LogP contribution in [0.2, 0.25) is 0 Å². The predicted octanol–water partition coefficient (Wildman–Crippen LogP) is 4.31. The molecule has 0 aliphatic carbocycles. The molecule has 1 atom stereocenters. The Morgan fingerprint density at radius 3 is 2.44 bits per heavy atom. The Bertz CT molecular complexity index is 720. The molecule has 0 radical (unpaired) electrons. The molecular formula is C19H23Cl2FN2O. The lowest BCUT2D eigenvalue weighted by atomic mass is 9.96. The second kappa shape index (κ2) is 8.37. The summed E-state index contributed by atoms with van der Waals surface area (Å²) in [5.74, 6) is 1.47. The van der Waals surface area contributed by atoms with Crippen LogP contribution in [0.5, 0.6) is 11.5 Å². The Labute approximate surface area is 160 Å². The minimum absolute atomic E-state index is 0. The van der Waals surface area contributed by atoms with Gasteiger partial charge in [0.15, 0.2) is 0 Å². The third-order valence-corrected chi connectivity index (χ3v) is 4.91. The van der Waals surface area contributed by atoms with Crippen molar-refractivity contribution in [3.05, 3.63) is 59.4 Å². The number of nitrogens with zero attached hydrogens (tertiary/aromatic N) is 2. The molecule has 3 nitrogen and oxygen atoms in total. The molecule has 0 N–H and O–H groups in total. The number of ether oxygens (including phenoxy) is 1. The minimum atomic E-state index is -0.199. The highest BCUT2D eigenvalue weighted by Gasteiger charge is 2.29. The van der Waals surface area contributed by atoms with Crippen molar-refractivity contribution in [2.75, 3.05) is 33.2 Å². The van der Waals surface area contributed by atoms with Gasteiger partial charge in [-0.05, 0) is 43.3 Å². The van der Waals surface area contributed by atoms with Crippen molar-refractivity contribution in [3.63, 3.8) is 0 Å². The Morgan fingerprint density at radius 1 is 0.960 bits per heavy atom. The van der Waals surface area contributed by atoms with Crippen LogP contribution in [0.15, 0.2) is 42.5 Å². The number of likely N-dealkylation sites (N-methyl/N-ethyl adjacent to an activating group) is 1. The fourth-order valence-electron chi connectivity index (χ4n) is 3.55. The highest BCUT2D eigenvalue weighted by molar-refractivity contribution is 5.85. The summed E-state index contributed by atoms with van der Waals surface area (Å²) in [6.45, 7) is 4.19. The van der Waals surface area contributed by atoms with Gasteiger partial charge in [-0.1, -0.05) is 18.2 Å². The van der Waals surface area contributed by atoms with Crippen LogP contribution >= 0.6 is 24.8 Å². The summed E-state index contributed by atoms with van der Waals surface area (Å²) in [4.78, 5) is 4.85. The molecule has 6 heteroatoms. The van der Waals surface area contributed by atoms with Gasteiger partial charge in [-0.15, -0.1) is 24.8 Å². The van der Waals surface area contributed by atoms with E-state index in [1.54, 1.807) is 12.1 Å². The van der Waals surface area contributed by atoms with Crippen LogP contribution < -0.4 is 4.74 Å². The first-order chi connectivity index (χ1) is 11.2. The predicted molar refractivity (Wildman–Crippen MR) is 103 cm³/mol. The zero-order valence-electron chi connectivity index (χ0n) is 14.2. The van der Waals surface area contributed by atoms with Crippen molar-refractivity contribution in [2.45, 2.75) is 12.5 Å². The maximum Gasteiger partial charge on any atom is 0.132 e. The van der Waals surface area contributed by atoms with Gasteiger partial charge >= 0.3 is 0 Å². The molecule has 0 spiro atoms. The van der Waals surface area contributed by atoms with Crippen molar-refractivity contribution >= 4 is 24.8 Å². The molecular weight excluding hydrogens is 362 g/mol. The molecule has 0 saturated carbocycles. The van der Waals surface area contributed by atoms with Gasteiger partial charge in [0, 0.05) is 37.8 Å². The van der Waals surface area contributed by atoms with Crippen LogP contribution in [0.25, 0.3) is 0 Å². The third-order valence-electron chi connectivity index (χ3n) is 4.91. The van der Waals surface area contributed by atoms with E-state index < -0.39 is 0 Å². The van der Waals surface area contributed by atoms with E-state index in [4.69, 9.17) is 4.74 Å². The Balaban J connectivity index is 0.00000113. The summed E-state index contributed by atoms with van der Waals surface area (Å²) in [6, 6.07) is 13.3. The normalized spacial score (nSPS) is 20.2. The van der Waals surface area contributed by atoms with Crippen LogP contribution in [0, 0.1) is 5.82 Å². The maximum absolute atomic E-state index is 13.7. The van der Waals surface area contributed by atoms with Gasteiger partial charge in [-0.3, -0.25) is 4.90 Å². The molecule has 0 aromatic heterocycles. The number of piperazine rings is 1. The number of hydrogen-bond acceptors (Lipinski definition) is 3. The van der Waals surface area contributed by atoms with E-state index >= 15 is 0 Å². The topological polar surface area (TPSA) is 15.7 Å². The van der Waals surface area contributed by atoms with Gasteiger partial charge < -0.3 is 9.64 Å². The largest absolute Gasteiger partial charge is 0.457 e. The van der Waals surface area contributed by atoms with E-state index in [2.05, 4.69) is 29.0 Å². The summed E-state index contributed by atoms with van der Waals surface area (Å²) in [5, 5.41) is 0. The van der Waals surface area contributed by atoms with E-state index in [1.165, 1.54) is 11.6 Å². The molecule has 2 aromatic carbocycles. The zero-order chi connectivity index (χ0) is 15.8. The molecule has 2 aromatic rings. The lowest BCUT2D eigenvalue weighted by Crippen LogP contribution is -2.46. The molecule has 4 rings (SSSR count). The van der Waals surface area contributed by atoms with Crippen molar-refractivity contribution < 1.29 is 9.13 Å². The lowest BCUT2D eigenvalue weighted by molar-refractivity contribution is 0.111. The van der Waals surface area contributed by atoms with Crippen molar-refractivity contribution in [1.82, 2.24) is 9.80 Å². The fourth-order valence-corrected chi connectivity index (χ4v) is 3.55. The monoisotopic (exact) mass is 384 g/mol. The maximum atomic E-state index is 13.7. The molecule has 2 aliphatic rings. The molecule has 1 fully saturated rings. The number of rotatable bonds is 1. The first-order valence-corrected chi connectivity index (χ1v) is 8.18. The minimum Gasteiger partial charge on any atom is -0.457 e. The van der Waals surface area contributed by atoms with Gasteiger partial charge in [-0.25, -0.2) is 4.39 Å². The van der Waals surface area contributed by atoms with Crippen LogP contribution in [-0.2, 0) is 6.42 Å². The van der Waals surface area contributed by atoms with Gasteiger partial charge in [0.05, 0.1) is 0 Å². The highest BCUT2D eigenvalue weighted by Crippen LogP contribution is 2.41. The molecule has 2 heterocycles. The molecule has 25 heavy (non-hydrogen) atoms. The summed E-state index contributed by atoms with van der Waals surface area (Å²) >= 11 is 0. The van der Waals surface area contributed by atoms with Gasteiger partial charge in [0.25, 0.3) is 0 Å². The SMILES string of the molecule is CN1CCN(C2Cc3cc(F)ccc3Oc3ccccc32)CC1.Cl.Cl. The van der Waals surface area contributed by atoms with Gasteiger partial charge in [-0.2, -0.15) is 0 Å². The Hall–Kier alpha value is -1.33. The standard InChI is InChI=1S/C19H21FN2O.2ClH/c1-21-8-10-22(11-9-21)17-13-14-12-15(20)6-7-18(14)23-19-5-3-2-4-16(17)19;;/h2-7,12,17H,8-11,13H2,1H3;2*1H. The van der Waals surface area contributed by atoms with Crippen LogP contribution in [0.3, 0.4) is 0 Å². The van der Waals surface area contributed by atoms with Crippen LogP contribution in [-0.4, -0.2) is 43.0 Å². The van der Waals surface area contributed by atoms with Gasteiger partial charge in [0.2, 0.25) is 0 Å². The third kappa shape index (κ3) is 4.09. The van der Waals surface area contributed by atoms with E-state index in [-0.39, 0.29) is 36.7 Å². The molecule has 1 unspecified atom stereocenters. The second-order valence-corrected chi connectivity index (χ2v) is 6.45. The van der Waals surface area contributed by atoms with E-state index in [0.717, 1.165) is 49.7 Å². The number of fused-ring (bicyclic) bond motifs is 2. The van der Waals surface area contributed by atoms with Crippen molar-refractivity contribution in [2.24, 2.45) is 0 Å². The van der Waals surface area contributed by atoms with Crippen LogP contribution in [0.4, 0.5) is 4.39 Å². The zero-order valence-corrected chi connectivity index (χ0v) is 15.8. The van der Waals surface area contributed by atoms with Crippen molar-refractivity contribution in [3.8, 4) is 11.5 Å². The average Bonchev–Trinajstić information content (AvgIpc) is 2.72. The first-order valence-electron chi connectivity index (χ1n) is 8.18. The number of hydrogen-bond donors (Lipinski definition) is 0. The summed E-state index contributed by atoms with van der Waals surface area (Å²) in [6.07, 6.45) is 0.786. The second-order valence-electron chi connectivity index (χ2n) is 6.45. The Morgan fingerprint density at radius 2 is 1.68 bits per heavy atom. The van der Waals surface area contributed by atoms with E-state index in [1.807, 2.05) is 12.1 Å². The fraction of sp³-hybridized carbons (Fsp3) is 0.368. The van der Waals surface area contributed by atoms with Gasteiger partial charge in [0.1, 0.15) is 17.3 Å². The summed E-state index contributed by atoms with van der Waals surface area (Å²) < 4.78 is 19.8. The van der Waals surface area contributed by atoms with E-state index in [0.29, 0.717) is 0 Å². The number of benzene rings is 2. The summed E-state index contributed by atoms with van der Waals surface area (Å²) in [5.41, 5.74) is 2.15. The quantitative estimate of drug-likeness (QED) is 0.728. The molecule has 0 bridgehead atoms. The Kier molecular flexibility index (Phi) is 6.69. The smallest absolute Gasteiger partial charge is 0.132 e. The highest BCUT2D eigenvalue weighted by atomic mass is 35.5. The molecule has 0 amide bonds. The molecule has 2 aliphatic heterocycles. The number of para-hydroxylation sites is 1. The van der Waals surface area contributed by atoms with Crippen molar-refractivity contribution in [1.29, 1.82) is 0 Å². The van der Waals surface area contributed by atoms with Crippen LogP contribution in [0.1, 0.15) is 17.2 Å². The van der Waals surface area contributed by atoms with E-state index in [9.17, 15) is 4.39 Å². The lowest BCUT2D eigenvalue weighted by Gasteiger charge is -2.38. The summed E-state index contributed by atoms with van der Waals surface area (Å²) in [7, 11) is 2.16.